The lowest BCUT2D eigenvalue weighted by molar-refractivity contribution is -0.477. The number of nitrogens with zero attached hydrogens (tertiary/aromatic N) is 3. The summed E-state index contributed by atoms with van der Waals surface area (Å²) in [6.07, 6.45) is 1.30. The van der Waals surface area contributed by atoms with Crippen molar-refractivity contribution in [1.82, 2.24) is 4.90 Å². The van der Waals surface area contributed by atoms with Crippen LogP contribution in [-0.2, 0) is 4.74 Å². The van der Waals surface area contributed by atoms with E-state index in [4.69, 9.17) is 4.74 Å². The lowest BCUT2D eigenvalue weighted by atomic mass is 10.2. The molecular formula is C9H13N3O5. The van der Waals surface area contributed by atoms with Gasteiger partial charge in [0.2, 0.25) is 6.54 Å². The molecule has 8 heteroatoms. The Labute approximate surface area is 97.5 Å². The quantitative estimate of drug-likeness (QED) is 0.390. The number of rotatable bonds is 5. The zero-order valence-electron chi connectivity index (χ0n) is 9.20. The van der Waals surface area contributed by atoms with E-state index < -0.39 is 16.4 Å². The Morgan fingerprint density at radius 1 is 1.35 bits per heavy atom. The Kier molecular flexibility index (Phi) is 4.58. The molecule has 0 radical (unpaired) electrons. The Morgan fingerprint density at radius 2 is 1.94 bits per heavy atom. The smallest absolute Gasteiger partial charge is 0.294 e. The maximum atomic E-state index is 10.8. The zero-order valence-corrected chi connectivity index (χ0v) is 9.20. The molecule has 0 unspecified atom stereocenters. The Hall–Kier alpha value is -1.96. The number of morpholine rings is 1. The minimum atomic E-state index is -0.651. The highest BCUT2D eigenvalue weighted by Gasteiger charge is 2.22. The molecule has 1 aliphatic rings. The van der Waals surface area contributed by atoms with Crippen molar-refractivity contribution in [3.05, 3.63) is 44.3 Å². The molecule has 1 rings (SSSR count). The van der Waals surface area contributed by atoms with Crippen molar-refractivity contribution < 1.29 is 14.6 Å². The molecule has 17 heavy (non-hydrogen) atoms. The van der Waals surface area contributed by atoms with E-state index in [1.54, 1.807) is 4.90 Å². The molecule has 0 aliphatic carbocycles. The maximum Gasteiger partial charge on any atom is 0.294 e. The summed E-state index contributed by atoms with van der Waals surface area (Å²) in [5, 5.41) is 21.1. The summed E-state index contributed by atoms with van der Waals surface area (Å²) >= 11 is 0. The summed E-state index contributed by atoms with van der Waals surface area (Å²) in [5.74, 6) is 0. The molecule has 0 saturated carbocycles. The highest BCUT2D eigenvalue weighted by Crippen LogP contribution is 2.11. The number of hydrogen-bond acceptors (Lipinski definition) is 6. The van der Waals surface area contributed by atoms with Crippen molar-refractivity contribution >= 4 is 0 Å². The van der Waals surface area contributed by atoms with Crippen molar-refractivity contribution in [2.24, 2.45) is 0 Å². The molecule has 1 fully saturated rings. The van der Waals surface area contributed by atoms with Crippen LogP contribution in [0.5, 0.6) is 0 Å². The van der Waals surface area contributed by atoms with Gasteiger partial charge in [0.15, 0.2) is 0 Å². The van der Waals surface area contributed by atoms with E-state index in [0.717, 1.165) is 0 Å². The van der Waals surface area contributed by atoms with Gasteiger partial charge in [-0.25, -0.2) is 0 Å². The Balaban J connectivity index is 2.76. The standard InChI is InChI=1S/C9H13N3O5/c1-8(6-11(13)14)9(12(15)16)7-10-2-4-17-5-3-10/h7H,1-6H2. The highest BCUT2D eigenvalue weighted by molar-refractivity contribution is 5.21. The van der Waals surface area contributed by atoms with Crippen LogP contribution in [-0.4, -0.2) is 47.6 Å². The molecule has 1 heterocycles. The van der Waals surface area contributed by atoms with Gasteiger partial charge in [0.25, 0.3) is 5.70 Å². The molecule has 8 nitrogen and oxygen atoms in total. The van der Waals surface area contributed by atoms with E-state index in [1.165, 1.54) is 6.20 Å². The van der Waals surface area contributed by atoms with E-state index in [0.29, 0.717) is 26.3 Å². The fraction of sp³-hybridized carbons (Fsp3) is 0.556. The van der Waals surface area contributed by atoms with Crippen LogP contribution in [0.2, 0.25) is 0 Å². The van der Waals surface area contributed by atoms with Crippen LogP contribution >= 0.6 is 0 Å². The second-order valence-electron chi connectivity index (χ2n) is 3.51. The van der Waals surface area contributed by atoms with Gasteiger partial charge >= 0.3 is 0 Å². The van der Waals surface area contributed by atoms with Crippen molar-refractivity contribution in [2.45, 2.75) is 0 Å². The molecule has 0 spiro atoms. The summed E-state index contributed by atoms with van der Waals surface area (Å²) < 4.78 is 5.10. The molecule has 1 aliphatic heterocycles. The monoisotopic (exact) mass is 243 g/mol. The summed E-state index contributed by atoms with van der Waals surface area (Å²) in [5.41, 5.74) is -0.421. The largest absolute Gasteiger partial charge is 0.378 e. The number of hydrogen-bond donors (Lipinski definition) is 0. The van der Waals surface area contributed by atoms with Gasteiger partial charge in [-0.15, -0.1) is 0 Å². The average Bonchev–Trinajstić information content (AvgIpc) is 2.25. The predicted molar refractivity (Wildman–Crippen MR) is 58.5 cm³/mol. The van der Waals surface area contributed by atoms with Gasteiger partial charge < -0.3 is 9.64 Å². The van der Waals surface area contributed by atoms with Gasteiger partial charge in [0.1, 0.15) is 0 Å². The van der Waals surface area contributed by atoms with Gasteiger partial charge in [0, 0.05) is 18.0 Å². The third kappa shape index (κ3) is 4.19. The van der Waals surface area contributed by atoms with E-state index in [-0.39, 0.29) is 11.3 Å². The molecule has 0 bridgehead atoms. The SMILES string of the molecule is C=C(C[N+](=O)[O-])C(=CN1CCOCC1)[N+](=O)[O-]. The van der Waals surface area contributed by atoms with E-state index in [2.05, 4.69) is 6.58 Å². The first kappa shape index (κ1) is 13.1. The topological polar surface area (TPSA) is 98.8 Å². The fourth-order valence-electron chi connectivity index (χ4n) is 1.38. The first-order chi connectivity index (χ1) is 8.00. The van der Waals surface area contributed by atoms with E-state index in [1.807, 2.05) is 0 Å². The predicted octanol–water partition coefficient (Wildman–Crippen LogP) is 0.270. The first-order valence-electron chi connectivity index (χ1n) is 4.98. The number of nitro groups is 2. The van der Waals surface area contributed by atoms with Crippen LogP contribution in [0, 0.1) is 20.2 Å². The Bertz CT molecular complexity index is 360. The molecule has 0 amide bonds. The molecule has 94 valence electrons. The fourth-order valence-corrected chi connectivity index (χ4v) is 1.38. The minimum Gasteiger partial charge on any atom is -0.378 e. The summed E-state index contributed by atoms with van der Waals surface area (Å²) in [4.78, 5) is 21.5. The van der Waals surface area contributed by atoms with E-state index in [9.17, 15) is 20.2 Å². The molecule has 0 aromatic rings. The molecule has 0 atom stereocenters. The molecule has 0 N–H and O–H groups in total. The Morgan fingerprint density at radius 3 is 2.41 bits per heavy atom. The van der Waals surface area contributed by atoms with Crippen molar-refractivity contribution in [3.8, 4) is 0 Å². The second-order valence-corrected chi connectivity index (χ2v) is 3.51. The second kappa shape index (κ2) is 5.94. The maximum absolute atomic E-state index is 10.8. The summed E-state index contributed by atoms with van der Waals surface area (Å²) in [6, 6.07) is 0. The van der Waals surface area contributed by atoms with Crippen LogP contribution in [0.4, 0.5) is 0 Å². The number of ether oxygens (including phenoxy) is 1. The van der Waals surface area contributed by atoms with Crippen LogP contribution in [0.3, 0.4) is 0 Å². The normalized spacial score (nSPS) is 16.7. The third-order valence-corrected chi connectivity index (χ3v) is 2.23. The first-order valence-corrected chi connectivity index (χ1v) is 4.98. The van der Waals surface area contributed by atoms with Crippen molar-refractivity contribution in [3.63, 3.8) is 0 Å². The highest BCUT2D eigenvalue weighted by atomic mass is 16.6. The van der Waals surface area contributed by atoms with Gasteiger partial charge in [0.05, 0.1) is 29.9 Å². The van der Waals surface area contributed by atoms with Gasteiger partial charge in [-0.05, 0) is 0 Å². The van der Waals surface area contributed by atoms with Crippen LogP contribution in [0.1, 0.15) is 0 Å². The lowest BCUT2D eigenvalue weighted by Crippen LogP contribution is -2.33. The minimum absolute atomic E-state index is 0.105. The molecule has 1 saturated heterocycles. The van der Waals surface area contributed by atoms with Crippen LogP contribution < -0.4 is 0 Å². The van der Waals surface area contributed by atoms with Crippen molar-refractivity contribution in [2.75, 3.05) is 32.8 Å². The third-order valence-electron chi connectivity index (χ3n) is 2.23. The summed E-state index contributed by atoms with van der Waals surface area (Å²) in [6.45, 7) is 4.78. The lowest BCUT2D eigenvalue weighted by Gasteiger charge is -2.24. The summed E-state index contributed by atoms with van der Waals surface area (Å²) in [7, 11) is 0. The molecule has 0 aromatic heterocycles. The zero-order chi connectivity index (χ0) is 12.8. The average molecular weight is 243 g/mol. The van der Waals surface area contributed by atoms with Crippen LogP contribution in [0.15, 0.2) is 24.0 Å². The van der Waals surface area contributed by atoms with Crippen LogP contribution in [0.25, 0.3) is 0 Å². The molecule has 0 aromatic carbocycles. The molecular weight excluding hydrogens is 230 g/mol. The van der Waals surface area contributed by atoms with Gasteiger partial charge in [-0.3, -0.25) is 20.2 Å². The van der Waals surface area contributed by atoms with Crippen molar-refractivity contribution in [1.29, 1.82) is 0 Å². The van der Waals surface area contributed by atoms with Gasteiger partial charge in [-0.1, -0.05) is 6.58 Å². The van der Waals surface area contributed by atoms with Gasteiger partial charge in [-0.2, -0.15) is 0 Å². The van der Waals surface area contributed by atoms with E-state index >= 15 is 0 Å².